The van der Waals surface area contributed by atoms with Gasteiger partial charge in [-0.1, -0.05) is 0 Å². The van der Waals surface area contributed by atoms with E-state index in [4.69, 9.17) is 0 Å². The number of carbonyl (C=O) groups excluding carboxylic acids is 2. The fourth-order valence-electron chi connectivity index (χ4n) is 2.79. The van der Waals surface area contributed by atoms with Gasteiger partial charge in [-0.15, -0.1) is 0 Å². The van der Waals surface area contributed by atoms with Crippen molar-refractivity contribution in [3.05, 3.63) is 29.8 Å². The van der Waals surface area contributed by atoms with Gasteiger partial charge in [0.05, 0.1) is 11.7 Å². The Balaban J connectivity index is 2.01. The first-order chi connectivity index (χ1) is 11.7. The van der Waals surface area contributed by atoms with E-state index in [1.54, 1.807) is 45.3 Å². The summed E-state index contributed by atoms with van der Waals surface area (Å²) in [7, 11) is 0.0829. The molecule has 0 spiro atoms. The molecule has 0 aliphatic carbocycles. The quantitative estimate of drug-likeness (QED) is 0.852. The van der Waals surface area contributed by atoms with Crippen molar-refractivity contribution in [2.75, 3.05) is 38.3 Å². The lowest BCUT2D eigenvalue weighted by atomic mass is 9.98. The van der Waals surface area contributed by atoms with Crippen LogP contribution in [0.5, 0.6) is 0 Å². The predicted octanol–water partition coefficient (Wildman–Crippen LogP) is 1.39. The van der Waals surface area contributed by atoms with Crippen LogP contribution in [0.15, 0.2) is 24.3 Å². The molecule has 2 rings (SSSR count). The zero-order chi connectivity index (χ0) is 18.6. The van der Waals surface area contributed by atoms with Gasteiger partial charge >= 0.3 is 0 Å². The average Bonchev–Trinajstić information content (AvgIpc) is 2.61. The first kappa shape index (κ1) is 19.4. The van der Waals surface area contributed by atoms with Crippen LogP contribution < -0.4 is 5.32 Å². The molecule has 1 aliphatic rings. The number of hydrogen-bond donors (Lipinski definition) is 1. The molecule has 1 fully saturated rings. The Morgan fingerprint density at radius 1 is 1.24 bits per heavy atom. The minimum absolute atomic E-state index is 0.0443. The molecule has 1 N–H and O–H groups in total. The number of amides is 2. The molecule has 25 heavy (non-hydrogen) atoms. The fraction of sp³-hybridized carbons (Fsp3) is 0.529. The number of piperidine rings is 1. The summed E-state index contributed by atoms with van der Waals surface area (Å²) in [4.78, 5) is 25.8. The van der Waals surface area contributed by atoms with Gasteiger partial charge in [-0.3, -0.25) is 9.59 Å². The second kappa shape index (κ2) is 7.97. The molecule has 0 aromatic heterocycles. The lowest BCUT2D eigenvalue weighted by molar-refractivity contribution is -0.120. The zero-order valence-electron chi connectivity index (χ0n) is 14.9. The van der Waals surface area contributed by atoms with Gasteiger partial charge in [0.15, 0.2) is 0 Å². The third kappa shape index (κ3) is 4.79. The van der Waals surface area contributed by atoms with Crippen LogP contribution in [0.4, 0.5) is 5.69 Å². The van der Waals surface area contributed by atoms with E-state index in [2.05, 4.69) is 5.32 Å². The van der Waals surface area contributed by atoms with Crippen LogP contribution in [0, 0.1) is 5.92 Å². The Morgan fingerprint density at radius 2 is 1.88 bits per heavy atom. The van der Waals surface area contributed by atoms with Crippen LogP contribution in [0.3, 0.4) is 0 Å². The van der Waals surface area contributed by atoms with Gasteiger partial charge in [0.2, 0.25) is 15.9 Å². The molecule has 0 bridgehead atoms. The zero-order valence-corrected chi connectivity index (χ0v) is 15.7. The summed E-state index contributed by atoms with van der Waals surface area (Å²) in [6.45, 7) is 2.30. The van der Waals surface area contributed by atoms with Crippen LogP contribution in [-0.2, 0) is 14.8 Å². The number of hydrogen-bond acceptors (Lipinski definition) is 4. The second-order valence-corrected chi connectivity index (χ2v) is 8.62. The van der Waals surface area contributed by atoms with Crippen molar-refractivity contribution in [3.63, 3.8) is 0 Å². The van der Waals surface area contributed by atoms with Gasteiger partial charge in [0.1, 0.15) is 0 Å². The molecular weight excluding hydrogens is 342 g/mol. The number of rotatable bonds is 5. The van der Waals surface area contributed by atoms with Crippen molar-refractivity contribution in [3.8, 4) is 0 Å². The van der Waals surface area contributed by atoms with Crippen LogP contribution >= 0.6 is 0 Å². The Morgan fingerprint density at radius 3 is 2.44 bits per heavy atom. The molecule has 1 heterocycles. The average molecular weight is 367 g/mol. The highest BCUT2D eigenvalue weighted by atomic mass is 32.2. The maximum Gasteiger partial charge on any atom is 0.253 e. The van der Waals surface area contributed by atoms with E-state index in [-0.39, 0.29) is 30.0 Å². The van der Waals surface area contributed by atoms with Crippen molar-refractivity contribution < 1.29 is 18.0 Å². The smallest absolute Gasteiger partial charge is 0.253 e. The van der Waals surface area contributed by atoms with Crippen LogP contribution in [0.2, 0.25) is 0 Å². The minimum atomic E-state index is -3.27. The first-order valence-corrected chi connectivity index (χ1v) is 9.96. The number of nitrogens with zero attached hydrogens (tertiary/aromatic N) is 2. The summed E-state index contributed by atoms with van der Waals surface area (Å²) in [5.41, 5.74) is 1.14. The normalized spacial score (nSPS) is 18.6. The Bertz CT molecular complexity index is 729. The van der Waals surface area contributed by atoms with E-state index in [0.29, 0.717) is 30.6 Å². The summed E-state index contributed by atoms with van der Waals surface area (Å²) in [6, 6.07) is 6.68. The van der Waals surface area contributed by atoms with Gasteiger partial charge in [-0.05, 0) is 44.0 Å². The molecule has 7 nitrogen and oxygen atoms in total. The van der Waals surface area contributed by atoms with Crippen LogP contribution in [-0.4, -0.2) is 62.4 Å². The highest BCUT2D eigenvalue weighted by Gasteiger charge is 2.31. The number of nitrogens with one attached hydrogen (secondary N) is 1. The topological polar surface area (TPSA) is 86.8 Å². The maximum absolute atomic E-state index is 12.4. The van der Waals surface area contributed by atoms with E-state index in [0.717, 1.165) is 0 Å². The van der Waals surface area contributed by atoms with Gasteiger partial charge in [0, 0.05) is 38.4 Å². The summed E-state index contributed by atoms with van der Waals surface area (Å²) in [5.74, 6) is -0.616. The van der Waals surface area contributed by atoms with Crippen molar-refractivity contribution in [2.45, 2.75) is 19.8 Å². The van der Waals surface area contributed by atoms with Crippen molar-refractivity contribution in [2.24, 2.45) is 5.92 Å². The highest BCUT2D eigenvalue weighted by molar-refractivity contribution is 7.89. The molecule has 138 valence electrons. The Kier molecular flexibility index (Phi) is 6.18. The monoisotopic (exact) mass is 367 g/mol. The number of benzene rings is 1. The molecular formula is C17H25N3O4S. The van der Waals surface area contributed by atoms with Crippen LogP contribution in [0.25, 0.3) is 0 Å². The van der Waals surface area contributed by atoms with Crippen LogP contribution in [0.1, 0.15) is 30.1 Å². The van der Waals surface area contributed by atoms with E-state index in [9.17, 15) is 18.0 Å². The summed E-state index contributed by atoms with van der Waals surface area (Å²) >= 11 is 0. The fourth-order valence-corrected chi connectivity index (χ4v) is 3.97. The molecule has 1 aliphatic heterocycles. The Hall–Kier alpha value is -1.93. The van der Waals surface area contributed by atoms with E-state index in [1.807, 2.05) is 0 Å². The lowest BCUT2D eigenvalue weighted by Gasteiger charge is -2.30. The molecule has 0 radical (unpaired) electrons. The standard InChI is InChI=1S/C17H25N3O4S/c1-4-25(23,24)20-11-5-6-14(12-20)16(21)18-15-9-7-13(8-10-15)17(22)19(2)3/h7-10,14H,4-6,11-12H2,1-3H3,(H,18,21)/t14-/m0/s1. The van der Waals surface area contributed by atoms with Crippen molar-refractivity contribution >= 4 is 27.5 Å². The summed E-state index contributed by atoms with van der Waals surface area (Å²) in [5, 5.41) is 2.81. The Labute approximate surface area is 149 Å². The SMILES string of the molecule is CCS(=O)(=O)N1CCC[C@H](C(=O)Nc2ccc(C(=O)N(C)C)cc2)C1. The number of anilines is 1. The minimum Gasteiger partial charge on any atom is -0.345 e. The molecule has 0 unspecified atom stereocenters. The van der Waals surface area contributed by atoms with Gasteiger partial charge < -0.3 is 10.2 Å². The second-order valence-electron chi connectivity index (χ2n) is 6.36. The maximum atomic E-state index is 12.4. The van der Waals surface area contributed by atoms with E-state index in [1.165, 1.54) is 9.21 Å². The first-order valence-electron chi connectivity index (χ1n) is 8.35. The van der Waals surface area contributed by atoms with Crippen molar-refractivity contribution in [1.29, 1.82) is 0 Å². The van der Waals surface area contributed by atoms with Gasteiger partial charge in [-0.2, -0.15) is 0 Å². The highest BCUT2D eigenvalue weighted by Crippen LogP contribution is 2.21. The molecule has 8 heteroatoms. The van der Waals surface area contributed by atoms with Crippen molar-refractivity contribution in [1.82, 2.24) is 9.21 Å². The molecule has 2 amide bonds. The van der Waals surface area contributed by atoms with Gasteiger partial charge in [-0.25, -0.2) is 12.7 Å². The third-order valence-electron chi connectivity index (χ3n) is 4.32. The lowest BCUT2D eigenvalue weighted by Crippen LogP contribution is -2.44. The molecule has 1 aromatic carbocycles. The molecule has 1 saturated heterocycles. The summed E-state index contributed by atoms with van der Waals surface area (Å²) < 4.78 is 25.4. The summed E-state index contributed by atoms with van der Waals surface area (Å²) in [6.07, 6.45) is 1.34. The van der Waals surface area contributed by atoms with E-state index < -0.39 is 10.0 Å². The van der Waals surface area contributed by atoms with Gasteiger partial charge in [0.25, 0.3) is 5.91 Å². The molecule has 0 saturated carbocycles. The molecule has 1 aromatic rings. The largest absolute Gasteiger partial charge is 0.345 e. The molecule has 1 atom stereocenters. The predicted molar refractivity (Wildman–Crippen MR) is 96.8 cm³/mol. The number of carbonyl (C=O) groups is 2. The van der Waals surface area contributed by atoms with E-state index >= 15 is 0 Å². The third-order valence-corrected chi connectivity index (χ3v) is 6.17. The number of sulfonamides is 1.